The smallest absolute Gasteiger partial charge is 0.150 e. The minimum atomic E-state index is 0.0724. The van der Waals surface area contributed by atoms with Gasteiger partial charge in [0.1, 0.15) is 12.0 Å². The van der Waals surface area contributed by atoms with Crippen molar-refractivity contribution in [2.75, 3.05) is 32.6 Å². The molecule has 2 aromatic carbocycles. The molecule has 0 saturated heterocycles. The lowest BCUT2D eigenvalue weighted by molar-refractivity contribution is 0.112. The Bertz CT molecular complexity index is 930. The zero-order valence-electron chi connectivity index (χ0n) is 20.7. The molecule has 2 aliphatic rings. The van der Waals surface area contributed by atoms with Crippen molar-refractivity contribution in [1.29, 1.82) is 0 Å². The van der Waals surface area contributed by atoms with E-state index in [-0.39, 0.29) is 6.04 Å². The molecule has 0 radical (unpaired) electrons. The maximum absolute atomic E-state index is 10.8. The van der Waals surface area contributed by atoms with Gasteiger partial charge < -0.3 is 20.5 Å². The van der Waals surface area contributed by atoms with E-state index in [4.69, 9.17) is 33.0 Å². The van der Waals surface area contributed by atoms with Gasteiger partial charge in [0.25, 0.3) is 0 Å². The summed E-state index contributed by atoms with van der Waals surface area (Å²) in [5, 5.41) is 16.7. The third-order valence-corrected chi connectivity index (χ3v) is 7.60. The average molecular weight is 522 g/mol. The monoisotopic (exact) mass is 520 g/mol. The van der Waals surface area contributed by atoms with Crippen LogP contribution in [0.4, 0.5) is 5.69 Å². The number of aldehydes is 1. The number of methoxy groups -OCH3 is 1. The fourth-order valence-corrected chi connectivity index (χ4v) is 5.34. The molecule has 2 saturated carbocycles. The van der Waals surface area contributed by atoms with Gasteiger partial charge in [0, 0.05) is 22.8 Å². The minimum Gasteiger partial charge on any atom is -0.496 e. The summed E-state index contributed by atoms with van der Waals surface area (Å²) in [5.41, 5.74) is 2.39. The van der Waals surface area contributed by atoms with Crippen molar-refractivity contribution in [3.63, 3.8) is 0 Å². The van der Waals surface area contributed by atoms with Crippen molar-refractivity contribution in [3.05, 3.63) is 57.6 Å². The van der Waals surface area contributed by atoms with Crippen LogP contribution in [0.15, 0.2) is 36.4 Å². The van der Waals surface area contributed by atoms with E-state index in [1.165, 1.54) is 32.2 Å². The van der Waals surface area contributed by atoms with Crippen molar-refractivity contribution >= 4 is 35.2 Å². The fourth-order valence-electron chi connectivity index (χ4n) is 4.91. The van der Waals surface area contributed by atoms with Crippen LogP contribution in [-0.2, 0) is 0 Å². The van der Waals surface area contributed by atoms with E-state index in [2.05, 4.69) is 10.6 Å². The first-order chi connectivity index (χ1) is 17.0. The molecule has 1 atom stereocenters. The standard InChI is InChI=1S/C18H17Cl2NO2.C10H21NO/c1-23-17-7-5-13(19)9-14(17)18(12-3-4-12)21-16-6-2-11(10-22)8-15(16)20;1-11-8-10-4-2-9(3-5-10)6-7-12/h2,5-10,12,18,21H,3-4H2,1H3;9-12H,2-8H2,1H3. The number of hydrogen-bond donors (Lipinski definition) is 3. The summed E-state index contributed by atoms with van der Waals surface area (Å²) in [6, 6.07) is 11.0. The Morgan fingerprint density at radius 3 is 2.34 bits per heavy atom. The molecule has 0 spiro atoms. The van der Waals surface area contributed by atoms with Crippen LogP contribution >= 0.6 is 23.2 Å². The number of aliphatic hydroxyl groups is 1. The van der Waals surface area contributed by atoms with E-state index in [1.807, 2.05) is 31.3 Å². The van der Waals surface area contributed by atoms with Crippen LogP contribution in [0.5, 0.6) is 5.75 Å². The Balaban J connectivity index is 0.000000241. The van der Waals surface area contributed by atoms with Gasteiger partial charge in [-0.2, -0.15) is 0 Å². The van der Waals surface area contributed by atoms with Crippen LogP contribution in [0.3, 0.4) is 0 Å². The first-order valence-corrected chi connectivity index (χ1v) is 13.3. The summed E-state index contributed by atoms with van der Waals surface area (Å²) in [5.74, 6) is 3.02. The molecule has 7 heteroatoms. The van der Waals surface area contributed by atoms with E-state index >= 15 is 0 Å². The predicted octanol–water partition coefficient (Wildman–Crippen LogP) is 6.77. The van der Waals surface area contributed by atoms with Crippen LogP contribution < -0.4 is 15.4 Å². The van der Waals surface area contributed by atoms with Crippen molar-refractivity contribution in [2.24, 2.45) is 17.8 Å². The number of carbonyl (C=O) groups excluding carboxylic acids is 1. The Morgan fingerprint density at radius 1 is 1.06 bits per heavy atom. The molecular weight excluding hydrogens is 483 g/mol. The molecule has 0 aliphatic heterocycles. The van der Waals surface area contributed by atoms with E-state index in [9.17, 15) is 4.79 Å². The largest absolute Gasteiger partial charge is 0.496 e. The second-order valence-electron chi connectivity index (χ2n) is 9.66. The number of aliphatic hydroxyl groups excluding tert-OH is 1. The second-order valence-corrected chi connectivity index (χ2v) is 10.5. The molecule has 192 valence electrons. The van der Waals surface area contributed by atoms with Crippen molar-refractivity contribution < 1.29 is 14.6 Å². The molecule has 2 aromatic rings. The molecule has 0 bridgehead atoms. The third-order valence-electron chi connectivity index (χ3n) is 7.06. The van der Waals surface area contributed by atoms with Gasteiger partial charge in [0.15, 0.2) is 0 Å². The topological polar surface area (TPSA) is 70.6 Å². The summed E-state index contributed by atoms with van der Waals surface area (Å²) < 4.78 is 5.49. The zero-order chi connectivity index (χ0) is 25.2. The highest BCUT2D eigenvalue weighted by Gasteiger charge is 2.34. The van der Waals surface area contributed by atoms with Gasteiger partial charge in [0.05, 0.1) is 23.9 Å². The maximum Gasteiger partial charge on any atom is 0.150 e. The average Bonchev–Trinajstić information content (AvgIpc) is 3.70. The van der Waals surface area contributed by atoms with E-state index < -0.39 is 0 Å². The van der Waals surface area contributed by atoms with Gasteiger partial charge >= 0.3 is 0 Å². The summed E-state index contributed by atoms with van der Waals surface area (Å²) in [4.78, 5) is 10.8. The number of benzene rings is 2. The van der Waals surface area contributed by atoms with Gasteiger partial charge in [-0.05, 0) is 99.8 Å². The Hall–Kier alpha value is -1.79. The Labute approximate surface area is 219 Å². The molecular formula is C28H38Cl2N2O3. The third kappa shape index (κ3) is 8.38. The highest BCUT2D eigenvalue weighted by atomic mass is 35.5. The van der Waals surface area contributed by atoms with Gasteiger partial charge in [-0.15, -0.1) is 0 Å². The molecule has 5 nitrogen and oxygen atoms in total. The summed E-state index contributed by atoms with van der Waals surface area (Å²) in [6.07, 6.45) is 9.46. The van der Waals surface area contributed by atoms with Gasteiger partial charge in [-0.3, -0.25) is 4.79 Å². The fraction of sp³-hybridized carbons (Fsp3) is 0.536. The van der Waals surface area contributed by atoms with Gasteiger partial charge in [0.2, 0.25) is 0 Å². The second kappa shape index (κ2) is 14.1. The number of anilines is 1. The van der Waals surface area contributed by atoms with E-state index in [0.717, 1.165) is 54.4 Å². The molecule has 0 heterocycles. The van der Waals surface area contributed by atoms with Crippen molar-refractivity contribution in [2.45, 2.75) is 51.0 Å². The normalized spacial score (nSPS) is 20.4. The van der Waals surface area contributed by atoms with E-state index in [1.54, 1.807) is 19.2 Å². The minimum absolute atomic E-state index is 0.0724. The molecule has 1 unspecified atom stereocenters. The van der Waals surface area contributed by atoms with Crippen LogP contribution in [-0.4, -0.2) is 38.7 Å². The predicted molar refractivity (Wildman–Crippen MR) is 145 cm³/mol. The lowest BCUT2D eigenvalue weighted by atomic mass is 9.81. The quantitative estimate of drug-likeness (QED) is 0.301. The number of hydrogen-bond acceptors (Lipinski definition) is 5. The first-order valence-electron chi connectivity index (χ1n) is 12.6. The zero-order valence-corrected chi connectivity index (χ0v) is 22.2. The molecule has 4 rings (SSSR count). The lowest BCUT2D eigenvalue weighted by Gasteiger charge is -2.27. The van der Waals surface area contributed by atoms with Crippen LogP contribution in [0, 0.1) is 17.8 Å². The van der Waals surface area contributed by atoms with Crippen molar-refractivity contribution in [1.82, 2.24) is 5.32 Å². The van der Waals surface area contributed by atoms with E-state index in [0.29, 0.717) is 28.1 Å². The van der Waals surface area contributed by atoms with Crippen LogP contribution in [0.2, 0.25) is 10.0 Å². The molecule has 35 heavy (non-hydrogen) atoms. The lowest BCUT2D eigenvalue weighted by Crippen LogP contribution is -2.24. The summed E-state index contributed by atoms with van der Waals surface area (Å²) >= 11 is 12.5. The van der Waals surface area contributed by atoms with Crippen LogP contribution in [0.1, 0.15) is 66.9 Å². The van der Waals surface area contributed by atoms with Gasteiger partial charge in [-0.1, -0.05) is 36.0 Å². The number of ether oxygens (including phenoxy) is 1. The Morgan fingerprint density at radius 2 is 1.77 bits per heavy atom. The molecule has 2 fully saturated rings. The number of carbonyl (C=O) groups is 1. The van der Waals surface area contributed by atoms with Crippen LogP contribution in [0.25, 0.3) is 0 Å². The molecule has 2 aliphatic carbocycles. The molecule has 3 N–H and O–H groups in total. The number of halogens is 2. The highest BCUT2D eigenvalue weighted by molar-refractivity contribution is 6.33. The maximum atomic E-state index is 10.8. The van der Waals surface area contributed by atoms with Crippen molar-refractivity contribution in [3.8, 4) is 5.75 Å². The Kier molecular flexibility index (Phi) is 11.2. The summed E-state index contributed by atoms with van der Waals surface area (Å²) in [7, 11) is 3.68. The first kappa shape index (κ1) is 27.8. The SMILES string of the molecule is CNCC1CCC(CCO)CC1.COc1ccc(Cl)cc1C(Nc1ccc(C=O)cc1Cl)C1CC1. The molecule has 0 amide bonds. The summed E-state index contributed by atoms with van der Waals surface area (Å²) in [6.45, 7) is 1.55. The van der Waals surface area contributed by atoms with Gasteiger partial charge in [-0.25, -0.2) is 0 Å². The molecule has 0 aromatic heterocycles. The number of nitrogens with one attached hydrogen (secondary N) is 2. The highest BCUT2D eigenvalue weighted by Crippen LogP contribution is 2.46. The number of rotatable bonds is 10.